The van der Waals surface area contributed by atoms with Crippen molar-refractivity contribution in [3.8, 4) is 0 Å². The van der Waals surface area contributed by atoms with Gasteiger partial charge in [0.2, 0.25) is 5.91 Å². The molecule has 98 valence electrons. The molecular formula is C14H26N2O. The summed E-state index contributed by atoms with van der Waals surface area (Å²) in [7, 11) is 0. The number of nitrogens with zero attached hydrogens (tertiary/aromatic N) is 1. The highest BCUT2D eigenvalue weighted by molar-refractivity contribution is 5.76. The molecule has 2 unspecified atom stereocenters. The Labute approximate surface area is 105 Å². The third kappa shape index (κ3) is 3.70. The van der Waals surface area contributed by atoms with Crippen LogP contribution in [0.5, 0.6) is 0 Å². The van der Waals surface area contributed by atoms with E-state index in [4.69, 9.17) is 0 Å². The molecule has 1 N–H and O–H groups in total. The maximum atomic E-state index is 12.2. The summed E-state index contributed by atoms with van der Waals surface area (Å²) >= 11 is 0. The van der Waals surface area contributed by atoms with Crippen molar-refractivity contribution in [1.29, 1.82) is 0 Å². The number of carbonyl (C=O) groups excluding carboxylic acids is 1. The smallest absolute Gasteiger partial charge is 0.222 e. The van der Waals surface area contributed by atoms with Gasteiger partial charge in [-0.2, -0.15) is 0 Å². The number of hydrogen-bond acceptors (Lipinski definition) is 2. The van der Waals surface area contributed by atoms with Gasteiger partial charge in [-0.05, 0) is 51.6 Å². The van der Waals surface area contributed by atoms with Gasteiger partial charge in [-0.15, -0.1) is 0 Å². The normalized spacial score (nSPS) is 30.3. The van der Waals surface area contributed by atoms with E-state index in [9.17, 15) is 4.79 Å². The van der Waals surface area contributed by atoms with Crippen molar-refractivity contribution in [3.05, 3.63) is 0 Å². The standard InChI is InChI=1S/C14H26N2O/c1-12-5-3-2-4-10-16(12)14(17)7-6-13-8-9-15-11-13/h12-13,15H,2-11H2,1H3. The molecule has 3 heteroatoms. The Balaban J connectivity index is 1.76. The fraction of sp³-hybridized carbons (Fsp3) is 0.929. The number of hydrogen-bond donors (Lipinski definition) is 1. The lowest BCUT2D eigenvalue weighted by atomic mass is 10.0. The second kappa shape index (κ2) is 6.39. The van der Waals surface area contributed by atoms with Crippen LogP contribution in [-0.2, 0) is 4.79 Å². The molecule has 0 saturated carbocycles. The maximum absolute atomic E-state index is 12.2. The highest BCUT2D eigenvalue weighted by Gasteiger charge is 2.23. The van der Waals surface area contributed by atoms with E-state index < -0.39 is 0 Å². The van der Waals surface area contributed by atoms with E-state index in [1.54, 1.807) is 0 Å². The molecule has 3 nitrogen and oxygen atoms in total. The third-order valence-corrected chi connectivity index (χ3v) is 4.30. The summed E-state index contributed by atoms with van der Waals surface area (Å²) in [6.45, 7) is 5.45. The summed E-state index contributed by atoms with van der Waals surface area (Å²) in [5.41, 5.74) is 0. The van der Waals surface area contributed by atoms with Gasteiger partial charge in [-0.25, -0.2) is 0 Å². The summed E-state index contributed by atoms with van der Waals surface area (Å²) < 4.78 is 0. The van der Waals surface area contributed by atoms with Crippen molar-refractivity contribution in [1.82, 2.24) is 10.2 Å². The number of likely N-dealkylation sites (tertiary alicyclic amines) is 1. The fourth-order valence-electron chi connectivity index (χ4n) is 3.08. The summed E-state index contributed by atoms with van der Waals surface area (Å²) in [6.07, 6.45) is 8.06. The molecule has 1 amide bonds. The van der Waals surface area contributed by atoms with Crippen molar-refractivity contribution < 1.29 is 4.79 Å². The van der Waals surface area contributed by atoms with E-state index in [1.807, 2.05) is 0 Å². The van der Waals surface area contributed by atoms with Gasteiger partial charge >= 0.3 is 0 Å². The first-order chi connectivity index (χ1) is 8.27. The Kier molecular flexibility index (Phi) is 4.84. The van der Waals surface area contributed by atoms with Crippen LogP contribution in [-0.4, -0.2) is 36.5 Å². The predicted octanol–water partition coefficient (Wildman–Crippen LogP) is 2.17. The van der Waals surface area contributed by atoms with E-state index in [1.165, 1.54) is 32.1 Å². The largest absolute Gasteiger partial charge is 0.340 e. The summed E-state index contributed by atoms with van der Waals surface area (Å²) in [6, 6.07) is 0.465. The quantitative estimate of drug-likeness (QED) is 0.817. The molecule has 0 aromatic carbocycles. The highest BCUT2D eigenvalue weighted by atomic mass is 16.2. The van der Waals surface area contributed by atoms with Crippen LogP contribution in [0, 0.1) is 5.92 Å². The monoisotopic (exact) mass is 238 g/mol. The molecule has 0 aromatic rings. The highest BCUT2D eigenvalue weighted by Crippen LogP contribution is 2.20. The molecule has 2 fully saturated rings. The summed E-state index contributed by atoms with van der Waals surface area (Å²) in [5, 5.41) is 3.37. The Morgan fingerprint density at radius 3 is 2.94 bits per heavy atom. The maximum Gasteiger partial charge on any atom is 0.222 e. The molecule has 0 aromatic heterocycles. The summed E-state index contributed by atoms with van der Waals surface area (Å²) in [4.78, 5) is 14.4. The second-order valence-electron chi connectivity index (χ2n) is 5.68. The predicted molar refractivity (Wildman–Crippen MR) is 69.9 cm³/mol. The average molecular weight is 238 g/mol. The lowest BCUT2D eigenvalue weighted by Gasteiger charge is -2.27. The van der Waals surface area contributed by atoms with Crippen molar-refractivity contribution in [3.63, 3.8) is 0 Å². The minimum atomic E-state index is 0.395. The Hall–Kier alpha value is -0.570. The van der Waals surface area contributed by atoms with Gasteiger partial charge in [0.05, 0.1) is 0 Å². The topological polar surface area (TPSA) is 32.3 Å². The van der Waals surface area contributed by atoms with E-state index in [0.29, 0.717) is 11.9 Å². The van der Waals surface area contributed by atoms with E-state index >= 15 is 0 Å². The van der Waals surface area contributed by atoms with Crippen LogP contribution in [0.2, 0.25) is 0 Å². The van der Waals surface area contributed by atoms with Gasteiger partial charge in [0.25, 0.3) is 0 Å². The fourth-order valence-corrected chi connectivity index (χ4v) is 3.08. The van der Waals surface area contributed by atoms with Crippen LogP contribution in [0.25, 0.3) is 0 Å². The zero-order valence-corrected chi connectivity index (χ0v) is 11.1. The summed E-state index contributed by atoms with van der Waals surface area (Å²) in [5.74, 6) is 1.13. The number of nitrogens with one attached hydrogen (secondary N) is 1. The molecule has 2 atom stereocenters. The van der Waals surface area contributed by atoms with Crippen molar-refractivity contribution in [2.75, 3.05) is 19.6 Å². The van der Waals surface area contributed by atoms with Gasteiger partial charge in [0, 0.05) is 19.0 Å². The van der Waals surface area contributed by atoms with Crippen LogP contribution < -0.4 is 5.32 Å². The van der Waals surface area contributed by atoms with Gasteiger partial charge in [-0.1, -0.05) is 12.8 Å². The number of rotatable bonds is 3. The van der Waals surface area contributed by atoms with Crippen molar-refractivity contribution in [2.24, 2.45) is 5.92 Å². The number of carbonyl (C=O) groups is 1. The van der Waals surface area contributed by atoms with Gasteiger partial charge < -0.3 is 10.2 Å². The molecule has 0 bridgehead atoms. The molecular weight excluding hydrogens is 212 g/mol. The minimum absolute atomic E-state index is 0.395. The Morgan fingerprint density at radius 2 is 2.18 bits per heavy atom. The third-order valence-electron chi connectivity index (χ3n) is 4.30. The van der Waals surface area contributed by atoms with E-state index in [-0.39, 0.29) is 0 Å². The SMILES string of the molecule is CC1CCCCCN1C(=O)CCC1CCNC1. The molecule has 0 aliphatic carbocycles. The van der Waals surface area contributed by atoms with Gasteiger partial charge in [0.1, 0.15) is 0 Å². The Bertz CT molecular complexity index is 249. The number of amides is 1. The Morgan fingerprint density at radius 1 is 1.29 bits per heavy atom. The second-order valence-corrected chi connectivity index (χ2v) is 5.68. The van der Waals surface area contributed by atoms with Gasteiger partial charge in [0.15, 0.2) is 0 Å². The molecule has 2 rings (SSSR count). The van der Waals surface area contributed by atoms with Crippen LogP contribution >= 0.6 is 0 Å². The first-order valence-corrected chi connectivity index (χ1v) is 7.27. The van der Waals surface area contributed by atoms with Gasteiger partial charge in [-0.3, -0.25) is 4.79 Å². The molecule has 17 heavy (non-hydrogen) atoms. The van der Waals surface area contributed by atoms with E-state index in [0.717, 1.165) is 38.4 Å². The van der Waals surface area contributed by atoms with Crippen LogP contribution in [0.3, 0.4) is 0 Å². The van der Waals surface area contributed by atoms with E-state index in [2.05, 4.69) is 17.1 Å². The molecule has 2 heterocycles. The van der Waals surface area contributed by atoms with Crippen LogP contribution in [0.4, 0.5) is 0 Å². The molecule has 2 aliphatic rings. The first kappa shape index (κ1) is 12.9. The molecule has 2 saturated heterocycles. The lowest BCUT2D eigenvalue weighted by Crippen LogP contribution is -2.38. The molecule has 2 aliphatic heterocycles. The molecule has 0 spiro atoms. The van der Waals surface area contributed by atoms with Crippen LogP contribution in [0.1, 0.15) is 51.9 Å². The van der Waals surface area contributed by atoms with Crippen molar-refractivity contribution >= 4 is 5.91 Å². The zero-order valence-electron chi connectivity index (χ0n) is 11.1. The minimum Gasteiger partial charge on any atom is -0.340 e. The lowest BCUT2D eigenvalue weighted by molar-refractivity contribution is -0.133. The molecule has 0 radical (unpaired) electrons. The van der Waals surface area contributed by atoms with Crippen molar-refractivity contribution in [2.45, 2.75) is 57.9 Å². The average Bonchev–Trinajstić information content (AvgIpc) is 2.75. The zero-order chi connectivity index (χ0) is 12.1. The van der Waals surface area contributed by atoms with Crippen LogP contribution in [0.15, 0.2) is 0 Å². The first-order valence-electron chi connectivity index (χ1n) is 7.27.